The van der Waals surface area contributed by atoms with Crippen LogP contribution in [-0.2, 0) is 22.7 Å². The van der Waals surface area contributed by atoms with Gasteiger partial charge in [0.2, 0.25) is 11.8 Å². The summed E-state index contributed by atoms with van der Waals surface area (Å²) in [4.78, 5) is 27.6. The fourth-order valence-electron chi connectivity index (χ4n) is 3.60. The molecule has 1 saturated heterocycles. The number of nitrogens with zero attached hydrogens (tertiary/aromatic N) is 3. The van der Waals surface area contributed by atoms with Crippen molar-refractivity contribution in [2.75, 3.05) is 13.1 Å². The van der Waals surface area contributed by atoms with Crippen LogP contribution in [0.3, 0.4) is 0 Å². The number of rotatable bonds is 6. The van der Waals surface area contributed by atoms with Crippen LogP contribution in [0, 0.1) is 24.2 Å². The molecule has 0 aromatic heterocycles. The van der Waals surface area contributed by atoms with E-state index in [9.17, 15) is 22.8 Å². The molecule has 0 aliphatic carbocycles. The summed E-state index contributed by atoms with van der Waals surface area (Å²) < 4.78 is 39.4. The Kier molecular flexibility index (Phi) is 6.64. The van der Waals surface area contributed by atoms with E-state index in [2.05, 4.69) is 0 Å². The van der Waals surface area contributed by atoms with Crippen molar-refractivity contribution in [1.29, 1.82) is 5.26 Å². The average molecular weight is 429 g/mol. The molecule has 1 fully saturated rings. The third-order valence-electron chi connectivity index (χ3n) is 5.20. The van der Waals surface area contributed by atoms with Crippen LogP contribution < -0.4 is 0 Å². The summed E-state index contributed by atoms with van der Waals surface area (Å²) in [6, 6.07) is 15.6. The summed E-state index contributed by atoms with van der Waals surface area (Å²) in [5.74, 6) is -1.76. The summed E-state index contributed by atoms with van der Waals surface area (Å²) in [5, 5.41) is 8.86. The second-order valence-corrected chi connectivity index (χ2v) is 7.78. The maximum atomic E-state index is 13.1. The zero-order chi connectivity index (χ0) is 22.6. The standard InChI is InChI=1S/C23H22F3N3O2/c1-16-2-4-18(5-3-16)12-28-14-20(10-21(28)30)22(31)29(15-23(24,25)26)13-19-8-6-17(11-27)7-9-19/h2-9,20H,10,12-15H2,1H3. The van der Waals surface area contributed by atoms with Gasteiger partial charge in [-0.05, 0) is 30.2 Å². The van der Waals surface area contributed by atoms with E-state index in [0.717, 1.165) is 16.0 Å². The smallest absolute Gasteiger partial charge is 0.338 e. The number of benzene rings is 2. The van der Waals surface area contributed by atoms with Crippen molar-refractivity contribution in [2.24, 2.45) is 5.92 Å². The van der Waals surface area contributed by atoms with Gasteiger partial charge in [-0.1, -0.05) is 42.0 Å². The number of halogens is 3. The first kappa shape index (κ1) is 22.3. The summed E-state index contributed by atoms with van der Waals surface area (Å²) in [5.41, 5.74) is 2.84. The number of alkyl halides is 3. The Hall–Kier alpha value is -3.34. The van der Waals surface area contributed by atoms with Gasteiger partial charge in [0.25, 0.3) is 0 Å². The van der Waals surface area contributed by atoms with E-state index in [1.54, 1.807) is 0 Å². The maximum absolute atomic E-state index is 13.1. The number of carbonyl (C=O) groups excluding carboxylic acids is 2. The van der Waals surface area contributed by atoms with E-state index in [-0.39, 0.29) is 25.4 Å². The number of hydrogen-bond acceptors (Lipinski definition) is 3. The highest BCUT2D eigenvalue weighted by Crippen LogP contribution is 2.26. The Morgan fingerprint density at radius 2 is 1.74 bits per heavy atom. The molecule has 1 heterocycles. The Labute approximate surface area is 178 Å². The molecule has 162 valence electrons. The molecule has 31 heavy (non-hydrogen) atoms. The van der Waals surface area contributed by atoms with Gasteiger partial charge < -0.3 is 9.80 Å². The molecule has 0 bridgehead atoms. The molecule has 2 aromatic carbocycles. The third kappa shape index (κ3) is 6.07. The summed E-state index contributed by atoms with van der Waals surface area (Å²) in [6.45, 7) is 0.717. The van der Waals surface area contributed by atoms with Gasteiger partial charge in [-0.2, -0.15) is 18.4 Å². The molecule has 2 aromatic rings. The molecule has 8 heteroatoms. The molecule has 3 rings (SSSR count). The van der Waals surface area contributed by atoms with Crippen LogP contribution in [-0.4, -0.2) is 40.9 Å². The van der Waals surface area contributed by atoms with Crippen molar-refractivity contribution >= 4 is 11.8 Å². The number of nitriles is 1. The lowest BCUT2D eigenvalue weighted by Crippen LogP contribution is -2.42. The van der Waals surface area contributed by atoms with Crippen LogP contribution in [0.4, 0.5) is 13.2 Å². The van der Waals surface area contributed by atoms with E-state index < -0.39 is 24.5 Å². The minimum absolute atomic E-state index is 0.0905. The summed E-state index contributed by atoms with van der Waals surface area (Å²) in [7, 11) is 0. The fourth-order valence-corrected chi connectivity index (χ4v) is 3.60. The average Bonchev–Trinajstić information content (AvgIpc) is 3.08. The molecule has 1 unspecified atom stereocenters. The number of amides is 2. The Bertz CT molecular complexity index is 979. The fraction of sp³-hybridized carbons (Fsp3) is 0.348. The van der Waals surface area contributed by atoms with Crippen LogP contribution in [0.5, 0.6) is 0 Å². The summed E-state index contributed by atoms with van der Waals surface area (Å²) in [6.07, 6.45) is -4.67. The molecular formula is C23H22F3N3O2. The number of likely N-dealkylation sites (tertiary alicyclic amines) is 1. The molecular weight excluding hydrogens is 407 g/mol. The van der Waals surface area contributed by atoms with Crippen LogP contribution in [0.25, 0.3) is 0 Å². The quantitative estimate of drug-likeness (QED) is 0.702. The van der Waals surface area contributed by atoms with Crippen molar-refractivity contribution in [3.8, 4) is 6.07 Å². The van der Waals surface area contributed by atoms with E-state index >= 15 is 0 Å². The summed E-state index contributed by atoms with van der Waals surface area (Å²) >= 11 is 0. The minimum Gasteiger partial charge on any atom is -0.338 e. The van der Waals surface area contributed by atoms with Gasteiger partial charge in [0, 0.05) is 26.1 Å². The molecule has 0 radical (unpaired) electrons. The third-order valence-corrected chi connectivity index (χ3v) is 5.20. The zero-order valence-electron chi connectivity index (χ0n) is 17.0. The Morgan fingerprint density at radius 3 is 2.32 bits per heavy atom. The van der Waals surface area contributed by atoms with Crippen molar-refractivity contribution in [3.05, 3.63) is 70.8 Å². The highest BCUT2D eigenvalue weighted by Gasteiger charge is 2.40. The number of carbonyl (C=O) groups is 2. The van der Waals surface area contributed by atoms with Gasteiger partial charge >= 0.3 is 6.18 Å². The molecule has 2 amide bonds. The van der Waals surface area contributed by atoms with Gasteiger partial charge in [0.05, 0.1) is 17.6 Å². The predicted octanol–water partition coefficient (Wildman–Crippen LogP) is 3.81. The molecule has 1 atom stereocenters. The molecule has 1 aliphatic heterocycles. The molecule has 1 aliphatic rings. The van der Waals surface area contributed by atoms with Gasteiger partial charge in [-0.15, -0.1) is 0 Å². The number of aryl methyl sites for hydroxylation is 1. The van der Waals surface area contributed by atoms with Crippen LogP contribution in [0.15, 0.2) is 48.5 Å². The lowest BCUT2D eigenvalue weighted by atomic mass is 10.1. The van der Waals surface area contributed by atoms with E-state index in [4.69, 9.17) is 5.26 Å². The van der Waals surface area contributed by atoms with Gasteiger partial charge in [-0.3, -0.25) is 9.59 Å². The van der Waals surface area contributed by atoms with Gasteiger partial charge in [0.1, 0.15) is 6.54 Å². The number of hydrogen-bond donors (Lipinski definition) is 0. The monoisotopic (exact) mass is 429 g/mol. The SMILES string of the molecule is Cc1ccc(CN2CC(C(=O)N(Cc3ccc(C#N)cc3)CC(F)(F)F)CC2=O)cc1. The van der Waals surface area contributed by atoms with Crippen LogP contribution in [0.2, 0.25) is 0 Å². The predicted molar refractivity (Wildman–Crippen MR) is 107 cm³/mol. The van der Waals surface area contributed by atoms with Crippen LogP contribution in [0.1, 0.15) is 28.7 Å². The zero-order valence-corrected chi connectivity index (χ0v) is 17.0. The second kappa shape index (κ2) is 9.21. The molecule has 0 spiro atoms. The van der Waals surface area contributed by atoms with Crippen molar-refractivity contribution < 1.29 is 22.8 Å². The van der Waals surface area contributed by atoms with Gasteiger partial charge in [0.15, 0.2) is 0 Å². The van der Waals surface area contributed by atoms with E-state index in [1.165, 1.54) is 29.2 Å². The maximum Gasteiger partial charge on any atom is 0.406 e. The van der Waals surface area contributed by atoms with E-state index in [1.807, 2.05) is 37.3 Å². The van der Waals surface area contributed by atoms with Crippen LogP contribution >= 0.6 is 0 Å². The minimum atomic E-state index is -4.56. The lowest BCUT2D eigenvalue weighted by Gasteiger charge is -2.27. The van der Waals surface area contributed by atoms with E-state index in [0.29, 0.717) is 17.7 Å². The topological polar surface area (TPSA) is 64.4 Å². The first-order valence-electron chi connectivity index (χ1n) is 9.82. The molecule has 0 saturated carbocycles. The molecule has 5 nitrogen and oxygen atoms in total. The highest BCUT2D eigenvalue weighted by molar-refractivity contribution is 5.89. The lowest BCUT2D eigenvalue weighted by molar-refractivity contribution is -0.164. The first-order valence-corrected chi connectivity index (χ1v) is 9.82. The van der Waals surface area contributed by atoms with Crippen molar-refractivity contribution in [1.82, 2.24) is 9.80 Å². The first-order chi connectivity index (χ1) is 14.6. The van der Waals surface area contributed by atoms with Gasteiger partial charge in [-0.25, -0.2) is 0 Å². The van der Waals surface area contributed by atoms with Crippen molar-refractivity contribution in [3.63, 3.8) is 0 Å². The Balaban J connectivity index is 1.71. The second-order valence-electron chi connectivity index (χ2n) is 7.78. The molecule has 0 N–H and O–H groups in total. The van der Waals surface area contributed by atoms with Crippen molar-refractivity contribution in [2.45, 2.75) is 32.6 Å². The highest BCUT2D eigenvalue weighted by atomic mass is 19.4. The largest absolute Gasteiger partial charge is 0.406 e. The normalized spacial score (nSPS) is 16.3. The Morgan fingerprint density at radius 1 is 1.13 bits per heavy atom.